The van der Waals surface area contributed by atoms with Gasteiger partial charge in [0.25, 0.3) is 0 Å². The summed E-state index contributed by atoms with van der Waals surface area (Å²) in [7, 11) is 0. The van der Waals surface area contributed by atoms with Crippen LogP contribution in [0.25, 0.3) is 83.9 Å². The molecule has 0 N–H and O–H groups in total. The van der Waals surface area contributed by atoms with Gasteiger partial charge in [0, 0.05) is 27.5 Å². The number of aromatic nitrogens is 4. The number of fused-ring (bicyclic) bond motifs is 3. The van der Waals surface area contributed by atoms with E-state index in [0.29, 0.717) is 34.2 Å². The Hall–Kier alpha value is -8.18. The molecule has 254 valence electrons. The minimum Gasteiger partial charge on any atom is -0.308 e. The van der Waals surface area contributed by atoms with Gasteiger partial charge in [0.05, 0.1) is 51.6 Å². The van der Waals surface area contributed by atoms with Crippen molar-refractivity contribution in [1.82, 2.24) is 19.5 Å². The summed E-state index contributed by atoms with van der Waals surface area (Å²) in [5, 5.41) is 31.1. The lowest BCUT2D eigenvalue weighted by Crippen LogP contribution is -2.04. The highest BCUT2D eigenvalue weighted by atomic mass is 15.1. The maximum absolute atomic E-state index is 9.75. The molecule has 7 aromatic carbocycles. The van der Waals surface area contributed by atoms with E-state index in [1.165, 1.54) is 0 Å². The van der Waals surface area contributed by atoms with E-state index in [4.69, 9.17) is 15.0 Å². The van der Waals surface area contributed by atoms with E-state index in [0.717, 1.165) is 66.4 Å². The normalized spacial score (nSPS) is 10.9. The highest BCUT2D eigenvalue weighted by Crippen LogP contribution is 2.39. The highest BCUT2D eigenvalue weighted by molar-refractivity contribution is 6.10. The van der Waals surface area contributed by atoms with Crippen LogP contribution < -0.4 is 0 Å². The number of benzene rings is 7. The molecule has 9 aromatic rings. The lowest BCUT2D eigenvalue weighted by atomic mass is 9.99. The van der Waals surface area contributed by atoms with Crippen LogP contribution in [0.2, 0.25) is 0 Å². The predicted octanol–water partition coefficient (Wildman–Crippen LogP) is 10.9. The fourth-order valence-electron chi connectivity index (χ4n) is 7.09. The second-order valence-corrected chi connectivity index (χ2v) is 13.1. The first-order valence-corrected chi connectivity index (χ1v) is 17.6. The number of nitrogens with zero attached hydrogens (tertiary/aromatic N) is 7. The Morgan fingerprint density at radius 3 is 1.53 bits per heavy atom. The largest absolute Gasteiger partial charge is 0.308 e. The summed E-state index contributed by atoms with van der Waals surface area (Å²) in [6, 6.07) is 60.0. The van der Waals surface area contributed by atoms with Crippen molar-refractivity contribution >= 4 is 21.8 Å². The van der Waals surface area contributed by atoms with Gasteiger partial charge in [-0.05, 0) is 76.9 Å². The van der Waals surface area contributed by atoms with Crippen LogP contribution in [0.15, 0.2) is 164 Å². The minimum atomic E-state index is 0.425. The molecule has 0 saturated carbocycles. The van der Waals surface area contributed by atoms with Crippen molar-refractivity contribution in [2.24, 2.45) is 0 Å². The van der Waals surface area contributed by atoms with Crippen LogP contribution in [-0.2, 0) is 0 Å². The molecule has 55 heavy (non-hydrogen) atoms. The molecule has 0 atom stereocenters. The van der Waals surface area contributed by atoms with E-state index in [1.54, 1.807) is 6.07 Å². The summed E-state index contributed by atoms with van der Waals surface area (Å²) in [6.45, 7) is 0. The summed E-state index contributed by atoms with van der Waals surface area (Å²) >= 11 is 0. The molecule has 0 saturated heterocycles. The van der Waals surface area contributed by atoms with Crippen molar-refractivity contribution < 1.29 is 0 Å². The van der Waals surface area contributed by atoms with Gasteiger partial charge in [-0.25, -0.2) is 15.0 Å². The van der Waals surface area contributed by atoms with Crippen molar-refractivity contribution in [3.63, 3.8) is 0 Å². The van der Waals surface area contributed by atoms with Gasteiger partial charge in [-0.2, -0.15) is 15.8 Å². The van der Waals surface area contributed by atoms with Crippen molar-refractivity contribution in [1.29, 1.82) is 15.8 Å². The summed E-state index contributed by atoms with van der Waals surface area (Å²) < 4.78 is 2.24. The number of hydrogen-bond acceptors (Lipinski definition) is 6. The third-order valence-corrected chi connectivity index (χ3v) is 9.72. The van der Waals surface area contributed by atoms with E-state index < -0.39 is 0 Å². The van der Waals surface area contributed by atoms with Crippen molar-refractivity contribution in [2.45, 2.75) is 0 Å². The Labute approximate surface area is 316 Å². The molecule has 0 aliphatic heterocycles. The molecule has 0 aliphatic carbocycles. The molecule has 0 aliphatic rings. The predicted molar refractivity (Wildman–Crippen MR) is 215 cm³/mol. The lowest BCUT2D eigenvalue weighted by molar-refractivity contribution is 1.06. The first kappa shape index (κ1) is 32.7. The van der Waals surface area contributed by atoms with Gasteiger partial charge in [-0.3, -0.25) is 0 Å². The van der Waals surface area contributed by atoms with E-state index in [1.807, 2.05) is 115 Å². The Balaban J connectivity index is 1.35. The number of nitriles is 3. The van der Waals surface area contributed by atoms with Crippen LogP contribution in [-0.4, -0.2) is 19.5 Å². The number of hydrogen-bond donors (Lipinski definition) is 0. The zero-order chi connectivity index (χ0) is 37.3. The quantitative estimate of drug-likeness (QED) is 0.170. The van der Waals surface area contributed by atoms with Gasteiger partial charge >= 0.3 is 0 Å². The summed E-state index contributed by atoms with van der Waals surface area (Å²) in [5.74, 6) is 1.60. The number of para-hydroxylation sites is 1. The van der Waals surface area contributed by atoms with Crippen LogP contribution in [0, 0.1) is 34.0 Å². The molecule has 0 unspecified atom stereocenters. The van der Waals surface area contributed by atoms with E-state index in [-0.39, 0.29) is 0 Å². The number of rotatable bonds is 6. The maximum Gasteiger partial charge on any atom is 0.166 e. The molecular formula is C48H27N7. The molecule has 9 rings (SSSR count). The average Bonchev–Trinajstić information content (AvgIpc) is 3.60. The zero-order valence-electron chi connectivity index (χ0n) is 29.2. The molecule has 0 fully saturated rings. The molecule has 2 aromatic heterocycles. The molecule has 2 heterocycles. The molecule has 0 radical (unpaired) electrons. The summed E-state index contributed by atoms with van der Waals surface area (Å²) in [5.41, 5.74) is 10.3. The SMILES string of the molecule is N#Cc1ccc(-c2ccc(-n3c4ccccc4c4ccc(-c5cc(C#N)cc(C#N)c5)cc43)c(-c3nc(-c4ccccc4)nc(-c4ccccc4)n3)c2)cc1. The molecule has 7 heteroatoms. The van der Waals surface area contributed by atoms with Gasteiger partial charge < -0.3 is 4.57 Å². The smallest absolute Gasteiger partial charge is 0.166 e. The van der Waals surface area contributed by atoms with Crippen molar-refractivity contribution in [2.75, 3.05) is 0 Å². The van der Waals surface area contributed by atoms with E-state index >= 15 is 0 Å². The van der Waals surface area contributed by atoms with Gasteiger partial charge in [0.1, 0.15) is 0 Å². The Bertz CT molecular complexity index is 2960. The monoisotopic (exact) mass is 701 g/mol. The fourth-order valence-corrected chi connectivity index (χ4v) is 7.09. The second-order valence-electron chi connectivity index (χ2n) is 13.1. The van der Waals surface area contributed by atoms with Crippen LogP contribution in [0.4, 0.5) is 0 Å². The van der Waals surface area contributed by atoms with Crippen molar-refractivity contribution in [3.8, 4) is 80.3 Å². The van der Waals surface area contributed by atoms with Crippen LogP contribution >= 0.6 is 0 Å². The van der Waals surface area contributed by atoms with E-state index in [9.17, 15) is 15.8 Å². The van der Waals surface area contributed by atoms with Crippen LogP contribution in [0.1, 0.15) is 16.7 Å². The minimum absolute atomic E-state index is 0.425. The first-order chi connectivity index (χ1) is 27.1. The molecule has 0 bridgehead atoms. The average molecular weight is 702 g/mol. The van der Waals surface area contributed by atoms with Gasteiger partial charge in [0.2, 0.25) is 0 Å². The fraction of sp³-hybridized carbons (Fsp3) is 0. The summed E-state index contributed by atoms with van der Waals surface area (Å²) in [4.78, 5) is 15.3. The third kappa shape index (κ3) is 6.03. The molecular weight excluding hydrogens is 675 g/mol. The van der Waals surface area contributed by atoms with Gasteiger partial charge in [-0.15, -0.1) is 0 Å². The second kappa shape index (κ2) is 13.7. The molecule has 0 amide bonds. The molecule has 7 nitrogen and oxygen atoms in total. The standard InChI is InChI=1S/C48H27N7/c49-28-31-15-17-34(18-16-31)37-20-22-44(42(26-37)48-53-46(35-9-3-1-4-10-35)52-47(54-48)36-11-5-2-6-12-36)55-43-14-8-7-13-40(43)41-21-19-38(27-45(41)55)39-24-32(29-50)23-33(25-39)30-51/h1-27H. The van der Waals surface area contributed by atoms with Crippen molar-refractivity contribution in [3.05, 3.63) is 180 Å². The Morgan fingerprint density at radius 1 is 0.364 bits per heavy atom. The lowest BCUT2D eigenvalue weighted by Gasteiger charge is -2.16. The van der Waals surface area contributed by atoms with Gasteiger partial charge in [0.15, 0.2) is 17.5 Å². The van der Waals surface area contributed by atoms with Crippen LogP contribution in [0.5, 0.6) is 0 Å². The van der Waals surface area contributed by atoms with E-state index in [2.05, 4.69) is 65.2 Å². The third-order valence-electron chi connectivity index (χ3n) is 9.72. The summed E-state index contributed by atoms with van der Waals surface area (Å²) in [6.07, 6.45) is 0. The molecule has 0 spiro atoms. The topological polar surface area (TPSA) is 115 Å². The first-order valence-electron chi connectivity index (χ1n) is 17.6. The Kier molecular flexibility index (Phi) is 8.18. The maximum atomic E-state index is 9.75. The van der Waals surface area contributed by atoms with Crippen LogP contribution in [0.3, 0.4) is 0 Å². The van der Waals surface area contributed by atoms with Gasteiger partial charge in [-0.1, -0.05) is 109 Å². The Morgan fingerprint density at radius 2 is 0.891 bits per heavy atom. The highest BCUT2D eigenvalue weighted by Gasteiger charge is 2.21. The zero-order valence-corrected chi connectivity index (χ0v) is 29.2.